The molecule has 0 bridgehead atoms. The second kappa shape index (κ2) is 7.66. The molecular formula is C18H23F3N2O4. The van der Waals surface area contributed by atoms with E-state index in [1.165, 1.54) is 17.0 Å². The maximum absolute atomic E-state index is 12.6. The molecule has 1 fully saturated rings. The first-order valence-electron chi connectivity index (χ1n) is 8.50. The molecule has 0 aromatic heterocycles. The van der Waals surface area contributed by atoms with Crippen LogP contribution >= 0.6 is 0 Å². The number of hydrogen-bond acceptors (Lipinski definition) is 4. The van der Waals surface area contributed by atoms with E-state index < -0.39 is 35.8 Å². The third kappa shape index (κ3) is 6.33. The lowest BCUT2D eigenvalue weighted by molar-refractivity contribution is -0.274. The second-order valence-corrected chi connectivity index (χ2v) is 7.55. The number of nitrogens with one attached hydrogen (secondary N) is 1. The van der Waals surface area contributed by atoms with Gasteiger partial charge in [-0.05, 0) is 45.2 Å². The molecular weight excluding hydrogens is 365 g/mol. The predicted octanol–water partition coefficient (Wildman–Crippen LogP) is 4.17. The third-order valence-electron chi connectivity index (χ3n) is 3.78. The first-order chi connectivity index (χ1) is 12.3. The largest absolute Gasteiger partial charge is 0.573 e. The molecule has 2 rings (SSSR count). The fraction of sp³-hybridized carbons (Fsp3) is 0.556. The second-order valence-electron chi connectivity index (χ2n) is 7.55. The Balaban J connectivity index is 2.09. The van der Waals surface area contributed by atoms with Gasteiger partial charge in [-0.25, -0.2) is 4.79 Å². The van der Waals surface area contributed by atoms with Crippen LogP contribution in [0.25, 0.3) is 0 Å². The Labute approximate surface area is 155 Å². The molecule has 9 heteroatoms. The molecule has 1 N–H and O–H groups in total. The number of hydrogen-bond donors (Lipinski definition) is 1. The molecule has 1 aromatic rings. The summed E-state index contributed by atoms with van der Waals surface area (Å²) in [5.74, 6) is -0.841. The smallest absolute Gasteiger partial charge is 0.444 e. The number of carbonyl (C=O) groups excluding carboxylic acids is 2. The lowest BCUT2D eigenvalue weighted by atomic mass is 10.1. The lowest BCUT2D eigenvalue weighted by Gasteiger charge is -2.28. The first-order valence-corrected chi connectivity index (χ1v) is 8.50. The molecule has 1 heterocycles. The molecule has 27 heavy (non-hydrogen) atoms. The zero-order valence-electron chi connectivity index (χ0n) is 15.6. The Bertz CT molecular complexity index is 701. The summed E-state index contributed by atoms with van der Waals surface area (Å²) >= 11 is 0. The average molecular weight is 388 g/mol. The Kier molecular flexibility index (Phi) is 5.91. The van der Waals surface area contributed by atoms with Gasteiger partial charge >= 0.3 is 12.5 Å². The van der Waals surface area contributed by atoms with Crippen LogP contribution in [0.5, 0.6) is 5.75 Å². The first kappa shape index (κ1) is 20.9. The highest BCUT2D eigenvalue weighted by molar-refractivity contribution is 5.97. The van der Waals surface area contributed by atoms with Crippen molar-refractivity contribution in [3.05, 3.63) is 24.3 Å². The molecule has 2 amide bonds. The Hall–Kier alpha value is -2.45. The molecule has 0 saturated carbocycles. The van der Waals surface area contributed by atoms with Crippen LogP contribution in [0.15, 0.2) is 24.3 Å². The quantitative estimate of drug-likeness (QED) is 0.844. The van der Waals surface area contributed by atoms with Gasteiger partial charge in [0, 0.05) is 18.3 Å². The maximum atomic E-state index is 12.6. The van der Waals surface area contributed by atoms with E-state index in [1.54, 1.807) is 20.8 Å². The van der Waals surface area contributed by atoms with Crippen molar-refractivity contribution in [3.63, 3.8) is 0 Å². The number of amides is 2. The summed E-state index contributed by atoms with van der Waals surface area (Å²) in [5.41, 5.74) is -0.557. The zero-order valence-corrected chi connectivity index (χ0v) is 15.6. The molecule has 1 saturated heterocycles. The van der Waals surface area contributed by atoms with Gasteiger partial charge in [0.05, 0.1) is 0 Å². The van der Waals surface area contributed by atoms with Crippen molar-refractivity contribution in [2.75, 3.05) is 11.9 Å². The highest BCUT2D eigenvalue weighted by atomic mass is 19.4. The van der Waals surface area contributed by atoms with Crippen LogP contribution < -0.4 is 10.1 Å². The van der Waals surface area contributed by atoms with E-state index in [-0.39, 0.29) is 11.6 Å². The molecule has 0 radical (unpaired) electrons. The number of halogens is 3. The molecule has 0 aliphatic carbocycles. The molecule has 1 aromatic carbocycles. The van der Waals surface area contributed by atoms with Gasteiger partial charge < -0.3 is 14.8 Å². The van der Waals surface area contributed by atoms with E-state index >= 15 is 0 Å². The molecule has 2 atom stereocenters. The number of ether oxygens (including phenoxy) is 2. The van der Waals surface area contributed by atoms with Crippen molar-refractivity contribution >= 4 is 17.7 Å². The van der Waals surface area contributed by atoms with Crippen molar-refractivity contribution in [1.82, 2.24) is 4.90 Å². The summed E-state index contributed by atoms with van der Waals surface area (Å²) in [7, 11) is 0. The van der Waals surface area contributed by atoms with Gasteiger partial charge in [0.2, 0.25) is 5.91 Å². The number of likely N-dealkylation sites (tertiary alicyclic amines) is 1. The minimum atomic E-state index is -4.82. The molecule has 0 spiro atoms. The summed E-state index contributed by atoms with van der Waals surface area (Å²) in [6.45, 7) is 7.45. The van der Waals surface area contributed by atoms with Crippen LogP contribution in [0.3, 0.4) is 0 Å². The van der Waals surface area contributed by atoms with Gasteiger partial charge in [-0.2, -0.15) is 0 Å². The fourth-order valence-electron chi connectivity index (χ4n) is 2.81. The number of benzene rings is 1. The van der Waals surface area contributed by atoms with E-state index in [0.29, 0.717) is 13.0 Å². The van der Waals surface area contributed by atoms with Crippen LogP contribution in [-0.2, 0) is 9.53 Å². The molecule has 1 aliphatic heterocycles. The molecule has 1 aliphatic rings. The summed E-state index contributed by atoms with van der Waals surface area (Å²) < 4.78 is 46.2. The lowest BCUT2D eigenvalue weighted by Crippen LogP contribution is -2.45. The SMILES string of the molecule is CC1C[C@@H](C(=O)Nc2cccc(OC(F)(F)F)c2)N(C(=O)OC(C)(C)C)C1. The van der Waals surface area contributed by atoms with Crippen molar-refractivity contribution < 1.29 is 32.2 Å². The zero-order chi connectivity index (χ0) is 20.4. The standard InChI is InChI=1S/C18H23F3N2O4/c1-11-8-14(23(10-11)16(25)27-17(2,3)4)15(24)22-12-6-5-7-13(9-12)26-18(19,20)21/h5-7,9,11,14H,8,10H2,1-4H3,(H,22,24)/t11?,14-/m0/s1. The Morgan fingerprint density at radius 2 is 1.89 bits per heavy atom. The van der Waals surface area contributed by atoms with E-state index in [1.807, 2.05) is 6.92 Å². The Morgan fingerprint density at radius 1 is 1.22 bits per heavy atom. The van der Waals surface area contributed by atoms with Crippen LogP contribution in [-0.4, -0.2) is 41.5 Å². The van der Waals surface area contributed by atoms with Gasteiger partial charge in [0.25, 0.3) is 0 Å². The van der Waals surface area contributed by atoms with Crippen molar-refractivity contribution in [1.29, 1.82) is 0 Å². The summed E-state index contributed by atoms with van der Waals surface area (Å²) in [5, 5.41) is 2.54. The van der Waals surface area contributed by atoms with E-state index in [2.05, 4.69) is 10.1 Å². The van der Waals surface area contributed by atoms with E-state index in [4.69, 9.17) is 4.74 Å². The van der Waals surface area contributed by atoms with Crippen molar-refractivity contribution in [2.24, 2.45) is 5.92 Å². The minimum absolute atomic E-state index is 0.0909. The van der Waals surface area contributed by atoms with Crippen LogP contribution in [0, 0.1) is 5.92 Å². The van der Waals surface area contributed by atoms with Crippen molar-refractivity contribution in [3.8, 4) is 5.75 Å². The Morgan fingerprint density at radius 3 is 2.48 bits per heavy atom. The third-order valence-corrected chi connectivity index (χ3v) is 3.78. The number of anilines is 1. The molecule has 6 nitrogen and oxygen atoms in total. The highest BCUT2D eigenvalue weighted by Crippen LogP contribution is 2.28. The van der Waals surface area contributed by atoms with Gasteiger partial charge in [-0.15, -0.1) is 13.2 Å². The normalized spacial score (nSPS) is 20.3. The van der Waals surface area contributed by atoms with Crippen LogP contribution in [0.1, 0.15) is 34.1 Å². The number of alkyl halides is 3. The van der Waals surface area contributed by atoms with E-state index in [0.717, 1.165) is 12.1 Å². The monoisotopic (exact) mass is 388 g/mol. The number of nitrogens with zero attached hydrogens (tertiary/aromatic N) is 1. The van der Waals surface area contributed by atoms with Crippen LogP contribution in [0.2, 0.25) is 0 Å². The topological polar surface area (TPSA) is 67.9 Å². The predicted molar refractivity (Wildman–Crippen MR) is 92.3 cm³/mol. The summed E-state index contributed by atoms with van der Waals surface area (Å²) in [4.78, 5) is 26.3. The van der Waals surface area contributed by atoms with Gasteiger partial charge in [-0.1, -0.05) is 13.0 Å². The molecule has 150 valence electrons. The van der Waals surface area contributed by atoms with Crippen LogP contribution in [0.4, 0.5) is 23.7 Å². The summed E-state index contributed by atoms with van der Waals surface area (Å²) in [6.07, 6.45) is -4.98. The van der Waals surface area contributed by atoms with Crippen molar-refractivity contribution in [2.45, 2.75) is 52.1 Å². The number of rotatable bonds is 3. The van der Waals surface area contributed by atoms with Gasteiger partial charge in [0.1, 0.15) is 17.4 Å². The average Bonchev–Trinajstić information content (AvgIpc) is 2.86. The number of carbonyl (C=O) groups is 2. The minimum Gasteiger partial charge on any atom is -0.444 e. The maximum Gasteiger partial charge on any atom is 0.573 e. The highest BCUT2D eigenvalue weighted by Gasteiger charge is 2.40. The van der Waals surface area contributed by atoms with E-state index in [9.17, 15) is 22.8 Å². The molecule has 1 unspecified atom stereocenters. The fourth-order valence-corrected chi connectivity index (χ4v) is 2.81. The van der Waals surface area contributed by atoms with Gasteiger partial charge in [0.15, 0.2) is 0 Å². The summed E-state index contributed by atoms with van der Waals surface area (Å²) in [6, 6.07) is 4.22. The van der Waals surface area contributed by atoms with Gasteiger partial charge in [-0.3, -0.25) is 9.69 Å².